The van der Waals surface area contributed by atoms with E-state index in [2.05, 4.69) is 17.4 Å². The molecule has 0 aliphatic carbocycles. The summed E-state index contributed by atoms with van der Waals surface area (Å²) in [5.74, 6) is 1.03. The second-order valence-corrected chi connectivity index (χ2v) is 4.81. The van der Waals surface area contributed by atoms with Crippen LogP contribution in [0, 0.1) is 0 Å². The highest BCUT2D eigenvalue weighted by Crippen LogP contribution is 2.15. The smallest absolute Gasteiger partial charge is 0.0662 e. The fourth-order valence-corrected chi connectivity index (χ4v) is 1.95. The summed E-state index contributed by atoms with van der Waals surface area (Å²) in [4.78, 5) is 1.30. The van der Waals surface area contributed by atoms with Crippen molar-refractivity contribution >= 4 is 11.8 Å². The van der Waals surface area contributed by atoms with Crippen molar-refractivity contribution in [3.8, 4) is 0 Å². The molecule has 0 radical (unpaired) electrons. The molecule has 84 valence electrons. The average Bonchev–Trinajstić information content (AvgIpc) is 2.25. The Morgan fingerprint density at radius 3 is 2.53 bits per heavy atom. The molecule has 0 amide bonds. The summed E-state index contributed by atoms with van der Waals surface area (Å²) < 4.78 is 0. The molecule has 0 saturated carbocycles. The summed E-state index contributed by atoms with van der Waals surface area (Å²) in [6.07, 6.45) is -0.285. The normalized spacial score (nSPS) is 14.9. The minimum atomic E-state index is -0.285. The van der Waals surface area contributed by atoms with Gasteiger partial charge in [-0.2, -0.15) is 0 Å². The first-order chi connectivity index (χ1) is 7.20. The molecule has 2 nitrogen and oxygen atoms in total. The molecule has 0 aliphatic rings. The maximum absolute atomic E-state index is 9.27. The summed E-state index contributed by atoms with van der Waals surface area (Å²) in [6, 6.07) is 10.5. The molecule has 0 heterocycles. The highest BCUT2D eigenvalue weighted by atomic mass is 32.2. The third-order valence-corrected chi connectivity index (χ3v) is 3.32. The first kappa shape index (κ1) is 12.6. The zero-order valence-corrected chi connectivity index (χ0v) is 10.1. The Kier molecular flexibility index (Phi) is 5.76. The van der Waals surface area contributed by atoms with Gasteiger partial charge in [-0.3, -0.25) is 0 Å². The molecule has 0 fully saturated rings. The zero-order valence-electron chi connectivity index (χ0n) is 9.31. The van der Waals surface area contributed by atoms with E-state index < -0.39 is 0 Å². The Balaban J connectivity index is 2.12. The molecule has 0 bridgehead atoms. The Morgan fingerprint density at radius 1 is 1.27 bits per heavy atom. The molecular weight excluding hydrogens is 206 g/mol. The van der Waals surface area contributed by atoms with Crippen LogP contribution in [0.5, 0.6) is 0 Å². The van der Waals surface area contributed by atoms with Crippen LogP contribution in [0.3, 0.4) is 0 Å². The van der Waals surface area contributed by atoms with Gasteiger partial charge in [0.2, 0.25) is 0 Å². The van der Waals surface area contributed by atoms with Gasteiger partial charge in [-0.15, -0.1) is 11.8 Å². The average molecular weight is 225 g/mol. The zero-order chi connectivity index (χ0) is 11.1. The van der Waals surface area contributed by atoms with Crippen molar-refractivity contribution in [1.82, 2.24) is 5.32 Å². The lowest BCUT2D eigenvalue weighted by atomic mass is 10.2. The molecular formula is C12H19NOS. The fraction of sp³-hybridized carbons (Fsp3) is 0.500. The first-order valence-corrected chi connectivity index (χ1v) is 6.28. The van der Waals surface area contributed by atoms with Crippen LogP contribution in [0.4, 0.5) is 0 Å². The molecule has 0 aromatic heterocycles. The summed E-state index contributed by atoms with van der Waals surface area (Å²) in [5, 5.41) is 12.5. The Labute approximate surface area is 96.1 Å². The van der Waals surface area contributed by atoms with Crippen LogP contribution in [0.15, 0.2) is 35.2 Å². The Hall–Kier alpha value is -0.510. The number of aliphatic hydroxyl groups is 1. The molecule has 3 heteroatoms. The number of hydrogen-bond donors (Lipinski definition) is 2. The number of rotatable bonds is 6. The Morgan fingerprint density at radius 2 is 1.93 bits per heavy atom. The summed E-state index contributed by atoms with van der Waals surface area (Å²) in [5.41, 5.74) is 0. The third-order valence-electron chi connectivity index (χ3n) is 2.30. The van der Waals surface area contributed by atoms with E-state index in [9.17, 15) is 5.11 Å². The number of benzene rings is 1. The first-order valence-electron chi connectivity index (χ1n) is 5.29. The van der Waals surface area contributed by atoms with Crippen LogP contribution < -0.4 is 5.32 Å². The Bertz CT molecular complexity index is 264. The van der Waals surface area contributed by atoms with Gasteiger partial charge in [0.25, 0.3) is 0 Å². The lowest BCUT2D eigenvalue weighted by Crippen LogP contribution is -2.36. The van der Waals surface area contributed by atoms with Gasteiger partial charge in [-0.1, -0.05) is 18.2 Å². The van der Waals surface area contributed by atoms with Gasteiger partial charge in [0.05, 0.1) is 6.10 Å². The molecule has 1 rings (SSSR count). The molecule has 0 spiro atoms. The quantitative estimate of drug-likeness (QED) is 0.574. The van der Waals surface area contributed by atoms with Gasteiger partial charge in [0.1, 0.15) is 0 Å². The monoisotopic (exact) mass is 225 g/mol. The van der Waals surface area contributed by atoms with E-state index in [0.29, 0.717) is 0 Å². The van der Waals surface area contributed by atoms with E-state index in [4.69, 9.17) is 0 Å². The maximum atomic E-state index is 9.27. The molecule has 2 atom stereocenters. The van der Waals surface area contributed by atoms with Crippen molar-refractivity contribution in [2.75, 3.05) is 12.3 Å². The van der Waals surface area contributed by atoms with E-state index >= 15 is 0 Å². The second kappa shape index (κ2) is 6.88. The second-order valence-electron chi connectivity index (χ2n) is 3.64. The van der Waals surface area contributed by atoms with Crippen LogP contribution in [0.1, 0.15) is 13.8 Å². The van der Waals surface area contributed by atoms with Gasteiger partial charge in [0.15, 0.2) is 0 Å². The number of thioether (sulfide) groups is 1. The third kappa shape index (κ3) is 5.21. The van der Waals surface area contributed by atoms with Gasteiger partial charge in [-0.05, 0) is 26.0 Å². The summed E-state index contributed by atoms with van der Waals surface area (Å²) in [7, 11) is 0. The maximum Gasteiger partial charge on any atom is 0.0662 e. The van der Waals surface area contributed by atoms with Gasteiger partial charge in [0, 0.05) is 23.2 Å². The molecule has 2 unspecified atom stereocenters. The van der Waals surface area contributed by atoms with Gasteiger partial charge >= 0.3 is 0 Å². The molecule has 2 N–H and O–H groups in total. The number of nitrogens with one attached hydrogen (secondary N) is 1. The largest absolute Gasteiger partial charge is 0.392 e. The van der Waals surface area contributed by atoms with E-state index in [1.165, 1.54) is 4.90 Å². The predicted octanol–water partition coefficient (Wildman–Crippen LogP) is 2.14. The van der Waals surface area contributed by atoms with Gasteiger partial charge in [-0.25, -0.2) is 0 Å². The highest BCUT2D eigenvalue weighted by Gasteiger charge is 2.06. The lowest BCUT2D eigenvalue weighted by Gasteiger charge is -2.16. The van der Waals surface area contributed by atoms with E-state index in [0.717, 1.165) is 12.3 Å². The minimum Gasteiger partial charge on any atom is -0.392 e. The molecule has 1 aromatic carbocycles. The lowest BCUT2D eigenvalue weighted by molar-refractivity contribution is 0.154. The molecule has 15 heavy (non-hydrogen) atoms. The molecule has 0 aliphatic heterocycles. The summed E-state index contributed by atoms with van der Waals surface area (Å²) in [6.45, 7) is 4.73. The van der Waals surface area contributed by atoms with Crippen molar-refractivity contribution in [1.29, 1.82) is 0 Å². The van der Waals surface area contributed by atoms with E-state index in [-0.39, 0.29) is 12.1 Å². The van der Waals surface area contributed by atoms with Crippen LogP contribution in [0.2, 0.25) is 0 Å². The summed E-state index contributed by atoms with van der Waals surface area (Å²) >= 11 is 1.83. The van der Waals surface area contributed by atoms with E-state index in [1.54, 1.807) is 0 Å². The SMILES string of the molecule is CC(O)C(C)NCCSc1ccccc1. The van der Waals surface area contributed by atoms with Crippen LogP contribution in [-0.2, 0) is 0 Å². The van der Waals surface area contributed by atoms with Crippen molar-refractivity contribution in [3.05, 3.63) is 30.3 Å². The number of aliphatic hydroxyl groups excluding tert-OH is 1. The predicted molar refractivity (Wildman–Crippen MR) is 66.3 cm³/mol. The highest BCUT2D eigenvalue weighted by molar-refractivity contribution is 7.99. The minimum absolute atomic E-state index is 0.168. The van der Waals surface area contributed by atoms with Crippen LogP contribution in [0.25, 0.3) is 0 Å². The van der Waals surface area contributed by atoms with Crippen molar-refractivity contribution < 1.29 is 5.11 Å². The fourth-order valence-electron chi connectivity index (χ4n) is 1.14. The van der Waals surface area contributed by atoms with Crippen LogP contribution >= 0.6 is 11.8 Å². The van der Waals surface area contributed by atoms with Crippen molar-refractivity contribution in [2.45, 2.75) is 30.9 Å². The van der Waals surface area contributed by atoms with Crippen LogP contribution in [-0.4, -0.2) is 29.5 Å². The van der Waals surface area contributed by atoms with E-state index in [1.807, 2.05) is 43.8 Å². The standard InChI is InChI=1S/C12H19NOS/c1-10(11(2)14)13-8-9-15-12-6-4-3-5-7-12/h3-7,10-11,13-14H,8-9H2,1-2H3. The topological polar surface area (TPSA) is 32.3 Å². The molecule has 0 saturated heterocycles. The van der Waals surface area contributed by atoms with Crippen molar-refractivity contribution in [3.63, 3.8) is 0 Å². The van der Waals surface area contributed by atoms with Crippen molar-refractivity contribution in [2.24, 2.45) is 0 Å². The van der Waals surface area contributed by atoms with Gasteiger partial charge < -0.3 is 10.4 Å². The number of hydrogen-bond acceptors (Lipinski definition) is 3. The molecule has 1 aromatic rings.